The molecule has 0 fully saturated rings. The Balaban J connectivity index is 1.60. The minimum atomic E-state index is 0.844. The number of aromatic nitrogens is 2. The van der Waals surface area contributed by atoms with E-state index < -0.39 is 0 Å². The molecule has 2 heterocycles. The fourth-order valence-electron chi connectivity index (χ4n) is 2.27. The quantitative estimate of drug-likeness (QED) is 0.730. The number of nitrogens with zero attached hydrogens (tertiary/aromatic N) is 2. The van der Waals surface area contributed by atoms with E-state index in [0.29, 0.717) is 0 Å². The molecule has 0 spiro atoms. The minimum Gasteiger partial charge on any atom is -0.310 e. The third-order valence-corrected chi connectivity index (χ3v) is 4.20. The van der Waals surface area contributed by atoms with Crippen LogP contribution in [0.5, 0.6) is 0 Å². The highest BCUT2D eigenvalue weighted by molar-refractivity contribution is 7.09. The second kappa shape index (κ2) is 6.11. The van der Waals surface area contributed by atoms with Crippen LogP contribution in [0.15, 0.2) is 41.9 Å². The number of fused-ring (bicyclic) bond motifs is 1. The Labute approximate surface area is 122 Å². The molecule has 0 aliphatic rings. The molecule has 4 heteroatoms. The standard InChI is InChI=1S/C16H17N3S/c1-12-11-20-15(19-12)10-17-9-7-14-5-2-4-13-6-3-8-18-16(13)14/h2-6,8,11,17H,7,9-10H2,1H3. The van der Waals surface area contributed by atoms with Crippen LogP contribution >= 0.6 is 11.3 Å². The summed E-state index contributed by atoms with van der Waals surface area (Å²) < 4.78 is 0. The number of para-hydroxylation sites is 1. The highest BCUT2D eigenvalue weighted by Gasteiger charge is 2.02. The van der Waals surface area contributed by atoms with Crippen molar-refractivity contribution in [2.75, 3.05) is 6.54 Å². The summed E-state index contributed by atoms with van der Waals surface area (Å²) in [6.07, 6.45) is 2.84. The predicted molar refractivity (Wildman–Crippen MR) is 84.0 cm³/mol. The van der Waals surface area contributed by atoms with Gasteiger partial charge in [0.15, 0.2) is 0 Å². The summed E-state index contributed by atoms with van der Waals surface area (Å²) in [6.45, 7) is 3.81. The summed E-state index contributed by atoms with van der Waals surface area (Å²) >= 11 is 1.71. The first-order valence-electron chi connectivity index (χ1n) is 6.77. The topological polar surface area (TPSA) is 37.8 Å². The molecule has 0 aliphatic carbocycles. The lowest BCUT2D eigenvalue weighted by Crippen LogP contribution is -2.16. The Kier molecular flexibility index (Phi) is 4.04. The van der Waals surface area contributed by atoms with Gasteiger partial charge in [-0.15, -0.1) is 11.3 Å². The molecule has 0 amide bonds. The molecular formula is C16H17N3S. The normalized spacial score (nSPS) is 11.1. The van der Waals surface area contributed by atoms with Gasteiger partial charge in [-0.2, -0.15) is 0 Å². The molecule has 0 aliphatic heterocycles. The van der Waals surface area contributed by atoms with Gasteiger partial charge in [-0.1, -0.05) is 24.3 Å². The van der Waals surface area contributed by atoms with E-state index in [1.54, 1.807) is 11.3 Å². The zero-order valence-electron chi connectivity index (χ0n) is 11.5. The number of thiazole rings is 1. The molecule has 0 saturated carbocycles. The van der Waals surface area contributed by atoms with E-state index in [0.717, 1.165) is 35.7 Å². The lowest BCUT2D eigenvalue weighted by atomic mass is 10.1. The van der Waals surface area contributed by atoms with Crippen molar-refractivity contribution >= 4 is 22.2 Å². The maximum atomic E-state index is 4.48. The van der Waals surface area contributed by atoms with Gasteiger partial charge in [0.2, 0.25) is 0 Å². The molecule has 2 aromatic heterocycles. The number of hydrogen-bond acceptors (Lipinski definition) is 4. The first-order chi connectivity index (χ1) is 9.83. The largest absolute Gasteiger partial charge is 0.310 e. The van der Waals surface area contributed by atoms with Gasteiger partial charge < -0.3 is 5.32 Å². The van der Waals surface area contributed by atoms with E-state index in [1.165, 1.54) is 10.9 Å². The number of pyridine rings is 1. The molecule has 3 nitrogen and oxygen atoms in total. The maximum absolute atomic E-state index is 4.48. The zero-order chi connectivity index (χ0) is 13.8. The van der Waals surface area contributed by atoms with Crippen molar-refractivity contribution in [3.63, 3.8) is 0 Å². The van der Waals surface area contributed by atoms with Crippen molar-refractivity contribution in [1.29, 1.82) is 0 Å². The highest BCUT2D eigenvalue weighted by atomic mass is 32.1. The number of aryl methyl sites for hydroxylation is 1. The Bertz CT molecular complexity index is 700. The van der Waals surface area contributed by atoms with Crippen molar-refractivity contribution in [2.24, 2.45) is 0 Å². The van der Waals surface area contributed by atoms with Crippen LogP contribution < -0.4 is 5.32 Å². The fraction of sp³-hybridized carbons (Fsp3) is 0.250. The Morgan fingerprint density at radius 1 is 1.20 bits per heavy atom. The average Bonchev–Trinajstić information content (AvgIpc) is 2.89. The molecule has 0 atom stereocenters. The van der Waals surface area contributed by atoms with Crippen molar-refractivity contribution in [3.8, 4) is 0 Å². The number of rotatable bonds is 5. The van der Waals surface area contributed by atoms with E-state index in [9.17, 15) is 0 Å². The number of hydrogen-bond donors (Lipinski definition) is 1. The van der Waals surface area contributed by atoms with Crippen molar-refractivity contribution in [1.82, 2.24) is 15.3 Å². The highest BCUT2D eigenvalue weighted by Crippen LogP contribution is 2.16. The van der Waals surface area contributed by atoms with Crippen LogP contribution in [-0.4, -0.2) is 16.5 Å². The Morgan fingerprint density at radius 2 is 2.10 bits per heavy atom. The molecule has 0 bridgehead atoms. The van der Waals surface area contributed by atoms with E-state index in [-0.39, 0.29) is 0 Å². The third kappa shape index (κ3) is 3.03. The van der Waals surface area contributed by atoms with Gasteiger partial charge in [-0.05, 0) is 31.5 Å². The van der Waals surface area contributed by atoms with Gasteiger partial charge in [0.25, 0.3) is 0 Å². The second-order valence-corrected chi connectivity index (χ2v) is 5.74. The molecule has 3 rings (SSSR count). The molecule has 20 heavy (non-hydrogen) atoms. The molecule has 1 N–H and O–H groups in total. The maximum Gasteiger partial charge on any atom is 0.107 e. The van der Waals surface area contributed by atoms with E-state index in [1.807, 2.05) is 19.2 Å². The van der Waals surface area contributed by atoms with E-state index in [2.05, 4.69) is 44.9 Å². The summed E-state index contributed by atoms with van der Waals surface area (Å²) in [5.41, 5.74) is 3.51. The predicted octanol–water partition coefficient (Wildman–Crippen LogP) is 3.33. The average molecular weight is 283 g/mol. The first kappa shape index (κ1) is 13.2. The first-order valence-corrected chi connectivity index (χ1v) is 7.65. The molecular weight excluding hydrogens is 266 g/mol. The minimum absolute atomic E-state index is 0.844. The van der Waals surface area contributed by atoms with Gasteiger partial charge >= 0.3 is 0 Å². The smallest absolute Gasteiger partial charge is 0.107 e. The van der Waals surface area contributed by atoms with Crippen LogP contribution in [0.25, 0.3) is 10.9 Å². The third-order valence-electron chi connectivity index (χ3n) is 3.23. The fourth-order valence-corrected chi connectivity index (χ4v) is 3.01. The monoisotopic (exact) mass is 283 g/mol. The van der Waals surface area contributed by atoms with Crippen LogP contribution in [0.3, 0.4) is 0 Å². The van der Waals surface area contributed by atoms with Crippen LogP contribution in [0.2, 0.25) is 0 Å². The zero-order valence-corrected chi connectivity index (χ0v) is 12.3. The Morgan fingerprint density at radius 3 is 2.95 bits per heavy atom. The molecule has 0 unspecified atom stereocenters. The summed E-state index contributed by atoms with van der Waals surface area (Å²) in [5.74, 6) is 0. The number of nitrogens with one attached hydrogen (secondary N) is 1. The van der Waals surface area contributed by atoms with Gasteiger partial charge in [-0.25, -0.2) is 4.98 Å². The molecule has 102 valence electrons. The number of benzene rings is 1. The van der Waals surface area contributed by atoms with Crippen LogP contribution in [-0.2, 0) is 13.0 Å². The van der Waals surface area contributed by atoms with Gasteiger partial charge in [0.05, 0.1) is 5.52 Å². The summed E-state index contributed by atoms with van der Waals surface area (Å²) in [5, 5.41) is 7.90. The molecule has 1 aromatic carbocycles. The SMILES string of the molecule is Cc1csc(CNCCc2cccc3cccnc23)n1. The van der Waals surface area contributed by atoms with Crippen LogP contribution in [0.1, 0.15) is 16.3 Å². The summed E-state index contributed by atoms with van der Waals surface area (Å²) in [4.78, 5) is 8.93. The van der Waals surface area contributed by atoms with Crippen LogP contribution in [0, 0.1) is 6.92 Å². The van der Waals surface area contributed by atoms with Crippen LogP contribution in [0.4, 0.5) is 0 Å². The molecule has 0 radical (unpaired) electrons. The molecule has 3 aromatic rings. The summed E-state index contributed by atoms with van der Waals surface area (Å²) in [6, 6.07) is 10.5. The van der Waals surface area contributed by atoms with Gasteiger partial charge in [-0.3, -0.25) is 4.98 Å². The summed E-state index contributed by atoms with van der Waals surface area (Å²) in [7, 11) is 0. The molecule has 0 saturated heterocycles. The van der Waals surface area contributed by atoms with Crippen molar-refractivity contribution in [3.05, 3.63) is 58.2 Å². The van der Waals surface area contributed by atoms with Crippen molar-refractivity contribution < 1.29 is 0 Å². The second-order valence-electron chi connectivity index (χ2n) is 4.80. The lowest BCUT2D eigenvalue weighted by Gasteiger charge is -2.06. The lowest BCUT2D eigenvalue weighted by molar-refractivity contribution is 0.684. The van der Waals surface area contributed by atoms with E-state index in [4.69, 9.17) is 0 Å². The van der Waals surface area contributed by atoms with Gasteiger partial charge in [0.1, 0.15) is 5.01 Å². The van der Waals surface area contributed by atoms with Gasteiger partial charge in [0, 0.05) is 29.2 Å². The van der Waals surface area contributed by atoms with E-state index >= 15 is 0 Å². The van der Waals surface area contributed by atoms with Crippen molar-refractivity contribution in [2.45, 2.75) is 19.9 Å². The Hall–Kier alpha value is -1.78.